The lowest BCUT2D eigenvalue weighted by atomic mass is 10.2. The van der Waals surface area contributed by atoms with Crippen LogP contribution in [0.5, 0.6) is 5.75 Å². The van der Waals surface area contributed by atoms with Crippen LogP contribution < -0.4 is 10.1 Å². The number of ether oxygens (including phenoxy) is 1. The minimum absolute atomic E-state index is 0.424. The van der Waals surface area contributed by atoms with Gasteiger partial charge in [0.05, 0.1) is 0 Å². The van der Waals surface area contributed by atoms with Gasteiger partial charge in [-0.05, 0) is 37.1 Å². The van der Waals surface area contributed by atoms with Gasteiger partial charge in [0.15, 0.2) is 0 Å². The van der Waals surface area contributed by atoms with Crippen LogP contribution in [0.2, 0.25) is 0 Å². The normalized spacial score (nSPS) is 9.89. The molecule has 0 bridgehead atoms. The van der Waals surface area contributed by atoms with Gasteiger partial charge in [0.1, 0.15) is 5.75 Å². The second-order valence-corrected chi connectivity index (χ2v) is 4.05. The number of carbonyl (C=O) groups is 1. The number of hydrogen-bond donors (Lipinski definition) is 1. The van der Waals surface area contributed by atoms with E-state index in [9.17, 15) is 4.79 Å². The Kier molecular flexibility index (Phi) is 4.93. The van der Waals surface area contributed by atoms with Crippen molar-refractivity contribution in [2.45, 2.75) is 12.8 Å². The molecule has 0 atom stereocenters. The van der Waals surface area contributed by atoms with E-state index in [2.05, 4.69) is 10.3 Å². The van der Waals surface area contributed by atoms with E-state index in [0.29, 0.717) is 12.3 Å². The number of aryl methyl sites for hydroxylation is 1. The van der Waals surface area contributed by atoms with Crippen LogP contribution in [-0.4, -0.2) is 17.6 Å². The van der Waals surface area contributed by atoms with Crippen molar-refractivity contribution in [1.29, 1.82) is 0 Å². The van der Waals surface area contributed by atoms with Crippen LogP contribution >= 0.6 is 0 Å². The highest BCUT2D eigenvalue weighted by molar-refractivity contribution is 5.70. The molecule has 1 aromatic carbocycles. The van der Waals surface area contributed by atoms with E-state index in [0.717, 1.165) is 18.5 Å². The number of benzene rings is 1. The van der Waals surface area contributed by atoms with Crippen molar-refractivity contribution in [2.24, 2.45) is 0 Å². The lowest BCUT2D eigenvalue weighted by molar-refractivity contribution is 0.200. The molecule has 0 spiro atoms. The van der Waals surface area contributed by atoms with E-state index in [-0.39, 0.29) is 0 Å². The Morgan fingerprint density at radius 3 is 2.63 bits per heavy atom. The van der Waals surface area contributed by atoms with Gasteiger partial charge in [0.25, 0.3) is 0 Å². The fourth-order valence-electron chi connectivity index (χ4n) is 1.64. The maximum atomic E-state index is 11.5. The van der Waals surface area contributed by atoms with Crippen LogP contribution in [0.15, 0.2) is 54.7 Å². The van der Waals surface area contributed by atoms with Gasteiger partial charge in [-0.15, -0.1) is 0 Å². The average Bonchev–Trinajstić information content (AvgIpc) is 2.46. The molecule has 0 radical (unpaired) electrons. The number of rotatable bonds is 5. The SMILES string of the molecule is O=C(NCCCc1ccccn1)Oc1ccccc1. The third kappa shape index (κ3) is 4.79. The molecule has 0 aliphatic carbocycles. The third-order valence-electron chi connectivity index (χ3n) is 2.56. The first-order valence-corrected chi connectivity index (χ1v) is 6.25. The van der Waals surface area contributed by atoms with Gasteiger partial charge in [-0.2, -0.15) is 0 Å². The Labute approximate surface area is 112 Å². The summed E-state index contributed by atoms with van der Waals surface area (Å²) < 4.78 is 5.10. The maximum Gasteiger partial charge on any atom is 0.412 e. The highest BCUT2D eigenvalue weighted by Gasteiger charge is 2.02. The molecule has 1 amide bonds. The maximum absolute atomic E-state index is 11.5. The molecular weight excluding hydrogens is 240 g/mol. The van der Waals surface area contributed by atoms with Crippen molar-refractivity contribution < 1.29 is 9.53 Å². The molecule has 1 aromatic heterocycles. The van der Waals surface area contributed by atoms with Gasteiger partial charge in [-0.25, -0.2) is 4.79 Å². The summed E-state index contributed by atoms with van der Waals surface area (Å²) in [4.78, 5) is 15.7. The number of nitrogens with zero attached hydrogens (tertiary/aromatic N) is 1. The molecule has 4 nitrogen and oxygen atoms in total. The predicted octanol–water partition coefficient (Wildman–Crippen LogP) is 2.80. The first-order chi connectivity index (χ1) is 9.34. The molecule has 0 aliphatic rings. The van der Waals surface area contributed by atoms with E-state index in [1.807, 2.05) is 36.4 Å². The lowest BCUT2D eigenvalue weighted by Gasteiger charge is -2.06. The minimum Gasteiger partial charge on any atom is -0.410 e. The van der Waals surface area contributed by atoms with E-state index in [4.69, 9.17) is 4.74 Å². The Hall–Kier alpha value is -2.36. The van der Waals surface area contributed by atoms with Crippen molar-refractivity contribution >= 4 is 6.09 Å². The fraction of sp³-hybridized carbons (Fsp3) is 0.200. The number of aromatic nitrogens is 1. The van der Waals surface area contributed by atoms with Crippen LogP contribution in [0, 0.1) is 0 Å². The summed E-state index contributed by atoms with van der Waals surface area (Å²) in [6.07, 6.45) is 3.02. The molecule has 1 heterocycles. The highest BCUT2D eigenvalue weighted by Crippen LogP contribution is 2.08. The standard InChI is InChI=1S/C15H16N2O2/c18-15(19-14-9-2-1-3-10-14)17-12-6-8-13-7-4-5-11-16-13/h1-5,7,9-11H,6,8,12H2,(H,17,18). The molecular formula is C15H16N2O2. The molecule has 4 heteroatoms. The van der Waals surface area contributed by atoms with Crippen LogP contribution in [-0.2, 0) is 6.42 Å². The van der Waals surface area contributed by atoms with Crippen molar-refractivity contribution in [3.05, 3.63) is 60.4 Å². The van der Waals surface area contributed by atoms with Crippen molar-refractivity contribution in [1.82, 2.24) is 10.3 Å². The molecule has 0 fully saturated rings. The topological polar surface area (TPSA) is 51.2 Å². The zero-order chi connectivity index (χ0) is 13.3. The zero-order valence-electron chi connectivity index (χ0n) is 10.6. The Morgan fingerprint density at radius 1 is 1.11 bits per heavy atom. The van der Waals surface area contributed by atoms with Gasteiger partial charge in [-0.3, -0.25) is 4.98 Å². The number of pyridine rings is 1. The summed E-state index contributed by atoms with van der Waals surface area (Å²) in [6.45, 7) is 0.572. The van der Waals surface area contributed by atoms with Crippen LogP contribution in [0.3, 0.4) is 0 Å². The van der Waals surface area contributed by atoms with Gasteiger partial charge >= 0.3 is 6.09 Å². The van der Waals surface area contributed by atoms with Gasteiger partial charge in [0, 0.05) is 18.4 Å². The summed E-state index contributed by atoms with van der Waals surface area (Å²) in [5, 5.41) is 2.71. The van der Waals surface area contributed by atoms with Gasteiger partial charge < -0.3 is 10.1 Å². The molecule has 0 aliphatic heterocycles. The first-order valence-electron chi connectivity index (χ1n) is 6.25. The number of para-hydroxylation sites is 1. The number of carbonyl (C=O) groups excluding carboxylic acids is 1. The fourth-order valence-corrected chi connectivity index (χ4v) is 1.64. The molecule has 0 saturated carbocycles. The van der Waals surface area contributed by atoms with Gasteiger partial charge in [-0.1, -0.05) is 24.3 Å². The lowest BCUT2D eigenvalue weighted by Crippen LogP contribution is -2.28. The van der Waals surface area contributed by atoms with Crippen molar-refractivity contribution in [3.63, 3.8) is 0 Å². The van der Waals surface area contributed by atoms with Crippen LogP contribution in [0.4, 0.5) is 4.79 Å². The molecule has 98 valence electrons. The van der Waals surface area contributed by atoms with E-state index in [1.165, 1.54) is 0 Å². The predicted molar refractivity (Wildman–Crippen MR) is 73.0 cm³/mol. The number of hydrogen-bond acceptors (Lipinski definition) is 3. The van der Waals surface area contributed by atoms with Crippen molar-refractivity contribution in [2.75, 3.05) is 6.54 Å². The monoisotopic (exact) mass is 256 g/mol. The molecule has 1 N–H and O–H groups in total. The third-order valence-corrected chi connectivity index (χ3v) is 2.56. The first kappa shape index (κ1) is 13.1. The molecule has 0 unspecified atom stereocenters. The van der Waals surface area contributed by atoms with Gasteiger partial charge in [0.2, 0.25) is 0 Å². The summed E-state index contributed by atoms with van der Waals surface area (Å²) in [7, 11) is 0. The Balaban J connectivity index is 1.65. The van der Waals surface area contributed by atoms with Crippen molar-refractivity contribution in [3.8, 4) is 5.75 Å². The minimum atomic E-state index is -0.424. The smallest absolute Gasteiger partial charge is 0.410 e. The van der Waals surface area contributed by atoms with E-state index >= 15 is 0 Å². The average molecular weight is 256 g/mol. The molecule has 2 aromatic rings. The number of nitrogens with one attached hydrogen (secondary N) is 1. The van der Waals surface area contributed by atoms with Crippen LogP contribution in [0.1, 0.15) is 12.1 Å². The summed E-state index contributed by atoms with van der Waals surface area (Å²) in [5.41, 5.74) is 1.03. The second-order valence-electron chi connectivity index (χ2n) is 4.05. The summed E-state index contributed by atoms with van der Waals surface area (Å²) in [6, 6.07) is 14.8. The molecule has 0 saturated heterocycles. The largest absolute Gasteiger partial charge is 0.412 e. The Morgan fingerprint density at radius 2 is 1.89 bits per heavy atom. The van der Waals surface area contributed by atoms with E-state index < -0.39 is 6.09 Å². The van der Waals surface area contributed by atoms with Crippen LogP contribution in [0.25, 0.3) is 0 Å². The Bertz CT molecular complexity index is 500. The summed E-state index contributed by atoms with van der Waals surface area (Å²) >= 11 is 0. The number of amides is 1. The summed E-state index contributed by atoms with van der Waals surface area (Å²) in [5.74, 6) is 0.546. The molecule has 19 heavy (non-hydrogen) atoms. The van der Waals surface area contributed by atoms with E-state index in [1.54, 1.807) is 18.3 Å². The molecule has 2 rings (SSSR count). The second kappa shape index (κ2) is 7.16. The quantitative estimate of drug-likeness (QED) is 0.837. The zero-order valence-corrected chi connectivity index (χ0v) is 10.6. The highest BCUT2D eigenvalue weighted by atomic mass is 16.5.